The lowest BCUT2D eigenvalue weighted by Crippen LogP contribution is -2.40. The number of aliphatic imine (C=N–C) groups is 1. The van der Waals surface area contributed by atoms with Crippen molar-refractivity contribution in [1.82, 2.24) is 40.0 Å². The third kappa shape index (κ3) is 9.00. The summed E-state index contributed by atoms with van der Waals surface area (Å²) in [4.78, 5) is 67.7. The fourth-order valence-electron chi connectivity index (χ4n) is 8.65. The molecule has 5 atom stereocenters. The third-order valence-corrected chi connectivity index (χ3v) is 13.2. The van der Waals surface area contributed by atoms with E-state index in [0.29, 0.717) is 31.0 Å². The number of nitrogens with one attached hydrogen (secondary N) is 3. The average molecular weight is 848 g/mol. The molecule has 4 aromatic carbocycles. The number of aromatic nitrogens is 4. The topological polar surface area (TPSA) is 143 Å². The average Bonchev–Trinajstić information content (AvgIpc) is 4.15. The van der Waals surface area contributed by atoms with E-state index in [1.165, 1.54) is 0 Å². The van der Waals surface area contributed by atoms with Crippen molar-refractivity contribution in [2.45, 2.75) is 62.1 Å². The van der Waals surface area contributed by atoms with Gasteiger partial charge in [-0.3, -0.25) is 24.3 Å². The maximum absolute atomic E-state index is 14.4. The van der Waals surface area contributed by atoms with E-state index in [1.54, 1.807) is 25.0 Å². The molecule has 0 radical (unpaired) electrons. The second-order valence-corrected chi connectivity index (χ2v) is 17.2. The molecule has 0 saturated carbocycles. The van der Waals surface area contributed by atoms with Crippen molar-refractivity contribution in [2.24, 2.45) is 4.99 Å². The van der Waals surface area contributed by atoms with Gasteiger partial charge in [0.25, 0.3) is 5.91 Å². The minimum Gasteiger partial charge on any atom is -0.359 e. The van der Waals surface area contributed by atoms with Crippen LogP contribution in [0.2, 0.25) is 0 Å². The fourth-order valence-corrected chi connectivity index (χ4v) is 10.1. The Balaban J connectivity index is 0.955. The van der Waals surface area contributed by atoms with Gasteiger partial charge >= 0.3 is 0 Å². The number of carbonyl (C=O) groups is 3. The van der Waals surface area contributed by atoms with Crippen molar-refractivity contribution in [1.29, 1.82) is 0 Å². The first-order valence-corrected chi connectivity index (χ1v) is 22.3. The number of imidazole rings is 2. The minimum atomic E-state index is -0.695. The van der Waals surface area contributed by atoms with Gasteiger partial charge in [0, 0.05) is 25.8 Å². The zero-order chi connectivity index (χ0) is 43.2. The molecule has 6 aromatic rings. The summed E-state index contributed by atoms with van der Waals surface area (Å²) in [6, 6.07) is 34.9. The summed E-state index contributed by atoms with van der Waals surface area (Å²) in [6.07, 6.45) is 8.01. The first-order chi connectivity index (χ1) is 30.2. The van der Waals surface area contributed by atoms with E-state index in [4.69, 9.17) is 9.97 Å². The zero-order valence-corrected chi connectivity index (χ0v) is 36.4. The van der Waals surface area contributed by atoms with E-state index in [1.807, 2.05) is 109 Å². The van der Waals surface area contributed by atoms with E-state index in [0.717, 1.165) is 63.4 Å². The lowest BCUT2D eigenvalue weighted by Gasteiger charge is -2.31. The van der Waals surface area contributed by atoms with Crippen LogP contribution in [0.15, 0.2) is 127 Å². The largest absolute Gasteiger partial charge is 0.359 e. The zero-order valence-electron chi connectivity index (χ0n) is 35.6. The first-order valence-electron chi connectivity index (χ1n) is 21.2. The van der Waals surface area contributed by atoms with Gasteiger partial charge in [0.2, 0.25) is 11.8 Å². The molecule has 0 aliphatic carbocycles. The molecule has 2 aliphatic rings. The molecule has 2 fully saturated rings. The normalized spacial score (nSPS) is 18.7. The van der Waals surface area contributed by atoms with Gasteiger partial charge in [-0.2, -0.15) is 0 Å². The molecule has 8 rings (SSSR count). The summed E-state index contributed by atoms with van der Waals surface area (Å²) in [6.45, 7) is 2.53. The first kappa shape index (κ1) is 42.4. The summed E-state index contributed by atoms with van der Waals surface area (Å²) in [5, 5.41) is 2.50. The minimum absolute atomic E-state index is 0.0568. The number of nitrogens with zero attached hydrogens (tertiary/aromatic N) is 6. The van der Waals surface area contributed by atoms with Crippen LogP contribution in [0.3, 0.4) is 0 Å². The van der Waals surface area contributed by atoms with Gasteiger partial charge in [0.1, 0.15) is 23.7 Å². The van der Waals surface area contributed by atoms with Crippen LogP contribution in [0.25, 0.3) is 33.6 Å². The molecule has 62 heavy (non-hydrogen) atoms. The van der Waals surface area contributed by atoms with E-state index in [2.05, 4.69) is 68.8 Å². The highest BCUT2D eigenvalue weighted by molar-refractivity contribution is 8.00. The van der Waals surface area contributed by atoms with Crippen LogP contribution < -0.4 is 5.32 Å². The highest BCUT2D eigenvalue weighted by Crippen LogP contribution is 2.43. The number of likely N-dealkylation sites (N-methyl/N-ethyl adjacent to an activating group) is 1. The van der Waals surface area contributed by atoms with Crippen LogP contribution >= 0.6 is 11.8 Å². The van der Waals surface area contributed by atoms with Crippen LogP contribution in [-0.2, 0) is 14.4 Å². The number of rotatable bonds is 14. The molecule has 3 N–H and O–H groups in total. The standard InChI is InChI=1S/C49H53N9O3S/c1-5-51-44(36-13-8-6-9-14-36)48(60)58-41(31-62-43(58)27-26-42(59)50-2)47-53-30-39(55-47)35-24-20-33(21-25-35)32-18-22-34(23-19-32)38-29-52-46(54-38)40-17-12-28-57(40)49(61)45(56(3)4)37-15-10-7-11-16-37/h5-11,13-16,18-25,29-30,40-41,43-45H,12,17,26-28,31H2,1-4H3,(H,50,59)(H,52,54)(H,53,55)/t40-,41-,43?,44?,45+/m0/s1. The Hall–Kier alpha value is -6.31. The summed E-state index contributed by atoms with van der Waals surface area (Å²) < 4.78 is 0. The molecule has 2 aliphatic heterocycles. The maximum atomic E-state index is 14.4. The number of thioether (sulfide) groups is 1. The Labute approximate surface area is 367 Å². The van der Waals surface area contributed by atoms with Crippen molar-refractivity contribution >= 4 is 35.7 Å². The van der Waals surface area contributed by atoms with Gasteiger partial charge in [0.05, 0.1) is 35.2 Å². The maximum Gasteiger partial charge on any atom is 0.253 e. The summed E-state index contributed by atoms with van der Waals surface area (Å²) >= 11 is 1.67. The van der Waals surface area contributed by atoms with Crippen molar-refractivity contribution in [3.8, 4) is 33.6 Å². The quantitative estimate of drug-likeness (QED) is 0.0935. The smallest absolute Gasteiger partial charge is 0.253 e. The lowest BCUT2D eigenvalue weighted by molar-refractivity contribution is -0.137. The highest BCUT2D eigenvalue weighted by Gasteiger charge is 2.43. The monoisotopic (exact) mass is 847 g/mol. The number of benzene rings is 4. The molecule has 0 bridgehead atoms. The van der Waals surface area contributed by atoms with Gasteiger partial charge in [-0.25, -0.2) is 9.97 Å². The summed E-state index contributed by atoms with van der Waals surface area (Å²) in [7, 11) is 5.54. The molecule has 2 aromatic heterocycles. The van der Waals surface area contributed by atoms with E-state index in [9.17, 15) is 14.4 Å². The number of hydrogen-bond acceptors (Lipinski definition) is 8. The molecule has 2 saturated heterocycles. The Morgan fingerprint density at radius 3 is 1.89 bits per heavy atom. The molecule has 0 spiro atoms. The predicted octanol–water partition coefficient (Wildman–Crippen LogP) is 8.40. The molecule has 4 heterocycles. The number of aromatic amines is 2. The van der Waals surface area contributed by atoms with Crippen molar-refractivity contribution < 1.29 is 14.4 Å². The van der Waals surface area contributed by atoms with Crippen LogP contribution in [0.5, 0.6) is 0 Å². The van der Waals surface area contributed by atoms with Crippen molar-refractivity contribution in [3.63, 3.8) is 0 Å². The molecule has 3 amide bonds. The van der Waals surface area contributed by atoms with Crippen molar-refractivity contribution in [2.75, 3.05) is 33.4 Å². The van der Waals surface area contributed by atoms with E-state index < -0.39 is 6.04 Å². The second-order valence-electron chi connectivity index (χ2n) is 16.0. The molecule has 2 unspecified atom stereocenters. The van der Waals surface area contributed by atoms with Gasteiger partial charge < -0.3 is 25.1 Å². The van der Waals surface area contributed by atoms with Crippen LogP contribution in [0.4, 0.5) is 0 Å². The van der Waals surface area contributed by atoms with Crippen LogP contribution in [0.1, 0.15) is 79.6 Å². The van der Waals surface area contributed by atoms with Gasteiger partial charge in [-0.05, 0) is 79.9 Å². The fraction of sp³-hybridized carbons (Fsp3) is 0.306. The summed E-state index contributed by atoms with van der Waals surface area (Å²) in [5.41, 5.74) is 7.73. The highest BCUT2D eigenvalue weighted by atomic mass is 32.2. The predicted molar refractivity (Wildman–Crippen MR) is 246 cm³/mol. The third-order valence-electron chi connectivity index (χ3n) is 11.8. The summed E-state index contributed by atoms with van der Waals surface area (Å²) in [5.74, 6) is 2.08. The molecule has 318 valence electrons. The number of amides is 3. The van der Waals surface area contributed by atoms with Crippen molar-refractivity contribution in [3.05, 3.63) is 144 Å². The van der Waals surface area contributed by atoms with E-state index >= 15 is 0 Å². The molecule has 12 nitrogen and oxygen atoms in total. The Morgan fingerprint density at radius 1 is 0.790 bits per heavy atom. The molecular formula is C49H53N9O3S. The number of hydrogen-bond donors (Lipinski definition) is 3. The van der Waals surface area contributed by atoms with Crippen LogP contribution in [-0.4, -0.2) is 97.4 Å². The SMILES string of the molecule is CC=NC(C(=O)N1C(CCC(=O)NC)SC[C@H]1c1ncc(-c2ccc(-c3ccc(-c4cnc([C@@H]5CCCN5C(=O)[C@@H](c5ccccc5)N(C)C)[nH]4)cc3)cc2)[nH]1)c1ccccc1. The molecule has 13 heteroatoms. The van der Waals surface area contributed by atoms with Gasteiger partial charge in [-0.15, -0.1) is 11.8 Å². The van der Waals surface area contributed by atoms with Gasteiger partial charge in [0.15, 0.2) is 6.04 Å². The van der Waals surface area contributed by atoms with Crippen LogP contribution in [0, 0.1) is 0 Å². The van der Waals surface area contributed by atoms with E-state index in [-0.39, 0.29) is 41.2 Å². The van der Waals surface area contributed by atoms with Gasteiger partial charge in [-0.1, -0.05) is 109 Å². The Kier molecular flexibility index (Phi) is 13.1. The number of carbonyl (C=O) groups excluding carboxylic acids is 3. The molecular weight excluding hydrogens is 795 g/mol. The number of likely N-dealkylation sites (tertiary alicyclic amines) is 1. The second kappa shape index (κ2) is 19.2. The Morgan fingerprint density at radius 2 is 1.34 bits per heavy atom. The lowest BCUT2D eigenvalue weighted by atomic mass is 10.0. The number of H-pyrrole nitrogens is 2. The Bertz CT molecular complexity index is 2490.